The minimum atomic E-state index is -0.429. The Hall–Kier alpha value is -1.84. The monoisotopic (exact) mass is 206 g/mol. The highest BCUT2D eigenvalue weighted by molar-refractivity contribution is 5.95. The minimum Gasteiger partial charge on any atom is -0.458 e. The molecule has 0 aromatic heterocycles. The molecule has 0 radical (unpaired) electrons. The van der Waals surface area contributed by atoms with E-state index >= 15 is 0 Å². The van der Waals surface area contributed by atoms with E-state index in [4.69, 9.17) is 9.47 Å². The quantitative estimate of drug-likeness (QED) is 0.602. The van der Waals surface area contributed by atoms with E-state index in [1.165, 1.54) is 6.07 Å². The average Bonchev–Trinajstić information content (AvgIpc) is 2.27. The van der Waals surface area contributed by atoms with Gasteiger partial charge in [-0.25, -0.2) is 9.59 Å². The molecule has 1 unspecified atom stereocenters. The predicted molar refractivity (Wildman–Crippen MR) is 51.6 cm³/mol. The second kappa shape index (κ2) is 3.73. The molecular weight excluding hydrogens is 196 g/mol. The van der Waals surface area contributed by atoms with Gasteiger partial charge < -0.3 is 9.47 Å². The molecule has 0 amide bonds. The molecule has 78 valence electrons. The number of hydrogen-bond acceptors (Lipinski definition) is 4. The first kappa shape index (κ1) is 9.71. The van der Waals surface area contributed by atoms with E-state index in [-0.39, 0.29) is 6.61 Å². The zero-order valence-electron chi connectivity index (χ0n) is 8.23. The summed E-state index contributed by atoms with van der Waals surface area (Å²) in [7, 11) is 0. The molecule has 0 N–H and O–H groups in total. The van der Waals surface area contributed by atoms with Crippen LogP contribution in [0.2, 0.25) is 0 Å². The van der Waals surface area contributed by atoms with Crippen LogP contribution in [0.1, 0.15) is 27.6 Å². The molecule has 0 saturated carbocycles. The number of ether oxygens (including phenoxy) is 2. The molecule has 0 aliphatic carbocycles. The zero-order valence-corrected chi connectivity index (χ0v) is 8.23. The molecule has 1 aromatic carbocycles. The summed E-state index contributed by atoms with van der Waals surface area (Å²) >= 11 is 0. The van der Waals surface area contributed by atoms with Crippen LogP contribution in [-0.2, 0) is 9.47 Å². The molecule has 0 saturated heterocycles. The van der Waals surface area contributed by atoms with Crippen molar-refractivity contribution >= 4 is 11.9 Å². The molecule has 2 rings (SSSR count). The minimum absolute atomic E-state index is 0.0863. The fourth-order valence-electron chi connectivity index (χ4n) is 1.33. The van der Waals surface area contributed by atoms with Gasteiger partial charge in [0.05, 0.1) is 11.1 Å². The highest BCUT2D eigenvalue weighted by atomic mass is 16.6. The fourth-order valence-corrected chi connectivity index (χ4v) is 1.33. The van der Waals surface area contributed by atoms with E-state index in [2.05, 4.69) is 0 Å². The van der Waals surface area contributed by atoms with Gasteiger partial charge in [-0.05, 0) is 25.1 Å². The topological polar surface area (TPSA) is 52.6 Å². The number of hydrogen-bond donors (Lipinski definition) is 0. The maximum absolute atomic E-state index is 11.5. The van der Waals surface area contributed by atoms with Crippen molar-refractivity contribution in [2.45, 2.75) is 13.0 Å². The Kier molecular flexibility index (Phi) is 2.41. The Morgan fingerprint density at radius 2 is 1.87 bits per heavy atom. The Labute approximate surface area is 86.8 Å². The summed E-state index contributed by atoms with van der Waals surface area (Å²) in [5.74, 6) is -0.857. The van der Waals surface area contributed by atoms with Crippen LogP contribution in [-0.4, -0.2) is 24.6 Å². The molecule has 1 atom stereocenters. The summed E-state index contributed by atoms with van der Waals surface area (Å²) in [5.41, 5.74) is 0.747. The number of cyclic esters (lactones) is 2. The lowest BCUT2D eigenvalue weighted by atomic mass is 10.1. The molecule has 1 aliphatic heterocycles. The van der Waals surface area contributed by atoms with E-state index in [1.807, 2.05) is 0 Å². The van der Waals surface area contributed by atoms with Crippen molar-refractivity contribution in [2.75, 3.05) is 6.61 Å². The molecule has 1 heterocycles. The van der Waals surface area contributed by atoms with Crippen molar-refractivity contribution in [3.05, 3.63) is 35.4 Å². The summed E-state index contributed by atoms with van der Waals surface area (Å²) in [6.07, 6.45) is -0.421. The first-order valence-electron chi connectivity index (χ1n) is 4.65. The smallest absolute Gasteiger partial charge is 0.338 e. The van der Waals surface area contributed by atoms with Crippen molar-refractivity contribution in [3.8, 4) is 0 Å². The Balaban J connectivity index is 2.42. The van der Waals surface area contributed by atoms with E-state index in [0.29, 0.717) is 11.1 Å². The van der Waals surface area contributed by atoms with Gasteiger partial charge in [-0.3, -0.25) is 0 Å². The lowest BCUT2D eigenvalue weighted by molar-refractivity contribution is 0.00556. The maximum atomic E-state index is 11.5. The van der Waals surface area contributed by atoms with E-state index in [1.54, 1.807) is 25.1 Å². The predicted octanol–water partition coefficient (Wildman–Crippen LogP) is 1.40. The number of esters is 2. The lowest BCUT2D eigenvalue weighted by Crippen LogP contribution is -2.20. The van der Waals surface area contributed by atoms with Crippen LogP contribution in [0.25, 0.3) is 0 Å². The van der Waals surface area contributed by atoms with Crippen molar-refractivity contribution < 1.29 is 19.1 Å². The Bertz CT molecular complexity index is 411. The fraction of sp³-hybridized carbons (Fsp3) is 0.273. The third-order valence-corrected chi connectivity index (χ3v) is 2.09. The van der Waals surface area contributed by atoms with Crippen molar-refractivity contribution in [3.63, 3.8) is 0 Å². The highest BCUT2D eigenvalue weighted by Crippen LogP contribution is 2.12. The normalized spacial score (nSPS) is 20.7. The summed E-state index contributed by atoms with van der Waals surface area (Å²) in [5, 5.41) is 0. The Morgan fingerprint density at radius 1 is 1.20 bits per heavy atom. The van der Waals surface area contributed by atoms with E-state index in [9.17, 15) is 9.59 Å². The van der Waals surface area contributed by atoms with Gasteiger partial charge in [0, 0.05) is 0 Å². The van der Waals surface area contributed by atoms with Gasteiger partial charge in [0.2, 0.25) is 0 Å². The third kappa shape index (κ3) is 1.98. The van der Waals surface area contributed by atoms with Crippen LogP contribution < -0.4 is 0 Å². The Morgan fingerprint density at radius 3 is 2.60 bits per heavy atom. The molecule has 0 spiro atoms. The number of carbonyl (C=O) groups is 2. The zero-order chi connectivity index (χ0) is 10.8. The first-order valence-corrected chi connectivity index (χ1v) is 4.65. The number of carbonyl (C=O) groups excluding carboxylic acids is 2. The van der Waals surface area contributed by atoms with E-state index < -0.39 is 18.0 Å². The van der Waals surface area contributed by atoms with Crippen LogP contribution >= 0.6 is 0 Å². The highest BCUT2D eigenvalue weighted by Gasteiger charge is 2.19. The van der Waals surface area contributed by atoms with Crippen LogP contribution in [0.5, 0.6) is 0 Å². The summed E-state index contributed by atoms with van der Waals surface area (Å²) in [6.45, 7) is 1.77. The molecule has 4 heteroatoms. The molecule has 1 aromatic rings. The maximum Gasteiger partial charge on any atom is 0.338 e. The second-order valence-corrected chi connectivity index (χ2v) is 3.40. The summed E-state index contributed by atoms with van der Waals surface area (Å²) < 4.78 is 9.99. The van der Waals surface area contributed by atoms with Crippen LogP contribution in [0, 0.1) is 0 Å². The van der Waals surface area contributed by atoms with Crippen molar-refractivity contribution in [2.24, 2.45) is 0 Å². The van der Waals surface area contributed by atoms with Crippen LogP contribution in [0.15, 0.2) is 24.3 Å². The first-order chi connectivity index (χ1) is 7.16. The van der Waals surface area contributed by atoms with Gasteiger partial charge in [0.25, 0.3) is 0 Å². The SMILES string of the molecule is CC1COC(=O)c2cccc(c2)C(=O)O1. The van der Waals surface area contributed by atoms with Gasteiger partial charge in [-0.2, -0.15) is 0 Å². The molecule has 4 nitrogen and oxygen atoms in total. The molecule has 15 heavy (non-hydrogen) atoms. The van der Waals surface area contributed by atoms with E-state index in [0.717, 1.165) is 0 Å². The van der Waals surface area contributed by atoms with Gasteiger partial charge in [-0.15, -0.1) is 0 Å². The average molecular weight is 206 g/mol. The largest absolute Gasteiger partial charge is 0.458 e. The molecular formula is C11H10O4. The van der Waals surface area contributed by atoms with Gasteiger partial charge >= 0.3 is 11.9 Å². The number of benzene rings is 1. The summed E-state index contributed by atoms with van der Waals surface area (Å²) in [4.78, 5) is 23.0. The van der Waals surface area contributed by atoms with Crippen LogP contribution in [0.4, 0.5) is 0 Å². The lowest BCUT2D eigenvalue weighted by Gasteiger charge is -2.10. The molecule has 1 aliphatic rings. The summed E-state index contributed by atoms with van der Waals surface area (Å²) in [6, 6.07) is 6.32. The number of rotatable bonds is 0. The second-order valence-electron chi connectivity index (χ2n) is 3.40. The van der Waals surface area contributed by atoms with Crippen molar-refractivity contribution in [1.82, 2.24) is 0 Å². The molecule has 2 bridgehead atoms. The standard InChI is InChI=1S/C11H10O4/c1-7-6-14-10(12)8-3-2-4-9(5-8)11(13)15-7/h2-5,7H,6H2,1H3. The van der Waals surface area contributed by atoms with Crippen LogP contribution in [0.3, 0.4) is 0 Å². The van der Waals surface area contributed by atoms with Gasteiger partial charge in [0.15, 0.2) is 0 Å². The third-order valence-electron chi connectivity index (χ3n) is 2.09. The van der Waals surface area contributed by atoms with Crippen molar-refractivity contribution in [1.29, 1.82) is 0 Å². The number of fused-ring (bicyclic) bond motifs is 2. The van der Waals surface area contributed by atoms with Gasteiger partial charge in [-0.1, -0.05) is 6.07 Å². The van der Waals surface area contributed by atoms with Gasteiger partial charge in [0.1, 0.15) is 12.7 Å². The molecule has 0 fully saturated rings.